The van der Waals surface area contributed by atoms with E-state index >= 15 is 0 Å². The van der Waals surface area contributed by atoms with Crippen LogP contribution in [0, 0.1) is 10.1 Å². The van der Waals surface area contributed by atoms with Crippen LogP contribution in [-0.2, 0) is 6.61 Å². The second-order valence-electron chi connectivity index (χ2n) is 3.93. The summed E-state index contributed by atoms with van der Waals surface area (Å²) in [6.45, 7) is 0.303. The molecule has 2 aromatic rings. The molecule has 0 aliphatic carbocycles. The lowest BCUT2D eigenvalue weighted by Gasteiger charge is -2.09. The van der Waals surface area contributed by atoms with Crippen LogP contribution in [0.4, 0.5) is 11.5 Å². The van der Waals surface area contributed by atoms with Gasteiger partial charge in [-0.3, -0.25) is 10.1 Å². The fourth-order valence-corrected chi connectivity index (χ4v) is 2.14. The summed E-state index contributed by atoms with van der Waals surface area (Å²) < 4.78 is 5.95. The molecule has 0 radical (unpaired) electrons. The van der Waals surface area contributed by atoms with Gasteiger partial charge < -0.3 is 10.1 Å². The van der Waals surface area contributed by atoms with Gasteiger partial charge in [-0.1, -0.05) is 6.07 Å². The lowest BCUT2D eigenvalue weighted by atomic mass is 10.2. The van der Waals surface area contributed by atoms with E-state index in [2.05, 4.69) is 26.2 Å². The first-order valence-corrected chi connectivity index (χ1v) is 6.59. The number of hydrogen-bond donors (Lipinski definition) is 1. The number of nitrogens with one attached hydrogen (secondary N) is 1. The normalized spacial score (nSPS) is 10.1. The molecule has 0 spiro atoms. The van der Waals surface area contributed by atoms with E-state index in [1.54, 1.807) is 25.4 Å². The highest BCUT2D eigenvalue weighted by Crippen LogP contribution is 2.34. The first-order valence-electron chi connectivity index (χ1n) is 5.80. The van der Waals surface area contributed by atoms with E-state index in [9.17, 15) is 10.1 Å². The molecule has 0 atom stereocenters. The van der Waals surface area contributed by atoms with Gasteiger partial charge in [-0.05, 0) is 39.7 Å². The van der Waals surface area contributed by atoms with E-state index in [1.807, 2.05) is 12.1 Å². The smallest absolute Gasteiger partial charge is 0.287 e. The second kappa shape index (κ2) is 6.33. The molecule has 6 nitrogen and oxygen atoms in total. The quantitative estimate of drug-likeness (QED) is 0.668. The summed E-state index contributed by atoms with van der Waals surface area (Å²) in [5, 5.41) is 13.8. The van der Waals surface area contributed by atoms with Crippen LogP contribution in [-0.4, -0.2) is 17.0 Å². The average molecular weight is 338 g/mol. The topological polar surface area (TPSA) is 77.3 Å². The van der Waals surface area contributed by atoms with E-state index in [-0.39, 0.29) is 5.69 Å². The highest BCUT2D eigenvalue weighted by Gasteiger charge is 2.15. The van der Waals surface area contributed by atoms with Crippen LogP contribution in [0.2, 0.25) is 0 Å². The molecule has 0 fully saturated rings. The Bertz CT molecular complexity index is 634. The van der Waals surface area contributed by atoms with Crippen molar-refractivity contribution in [1.82, 2.24) is 4.98 Å². The van der Waals surface area contributed by atoms with E-state index < -0.39 is 4.92 Å². The first-order chi connectivity index (χ1) is 9.61. The number of nitro benzene ring substituents is 1. The molecule has 0 saturated carbocycles. The van der Waals surface area contributed by atoms with Crippen molar-refractivity contribution in [2.24, 2.45) is 0 Å². The number of benzene rings is 1. The van der Waals surface area contributed by atoms with Crippen LogP contribution >= 0.6 is 15.9 Å². The van der Waals surface area contributed by atoms with Gasteiger partial charge in [0.15, 0.2) is 0 Å². The molecule has 1 aromatic heterocycles. The molecule has 0 bridgehead atoms. The Balaban J connectivity index is 2.14. The van der Waals surface area contributed by atoms with Gasteiger partial charge in [0.1, 0.15) is 22.6 Å². The Morgan fingerprint density at radius 2 is 2.25 bits per heavy atom. The standard InChI is InChI=1S/C13H12BrN3O3/c1-15-12-7-9(5-6-16-12)8-20-11-4-2-3-10(13(11)14)17(18)19/h2-7H,8H2,1H3,(H,15,16). The molecule has 0 saturated heterocycles. The third-order valence-electron chi connectivity index (χ3n) is 2.61. The number of ether oxygens (including phenoxy) is 1. The maximum Gasteiger partial charge on any atom is 0.287 e. The fraction of sp³-hybridized carbons (Fsp3) is 0.154. The number of nitro groups is 1. The Labute approximate surface area is 124 Å². The van der Waals surface area contributed by atoms with Gasteiger partial charge in [-0.25, -0.2) is 4.98 Å². The number of aromatic nitrogens is 1. The molecule has 0 amide bonds. The van der Waals surface area contributed by atoms with Gasteiger partial charge in [0, 0.05) is 19.3 Å². The van der Waals surface area contributed by atoms with Crippen LogP contribution in [0.1, 0.15) is 5.56 Å². The largest absolute Gasteiger partial charge is 0.487 e. The van der Waals surface area contributed by atoms with Crippen molar-refractivity contribution in [3.63, 3.8) is 0 Å². The highest BCUT2D eigenvalue weighted by molar-refractivity contribution is 9.10. The van der Waals surface area contributed by atoms with Gasteiger partial charge in [0.2, 0.25) is 0 Å². The molecule has 1 N–H and O–H groups in total. The Kier molecular flexibility index (Phi) is 4.52. The van der Waals surface area contributed by atoms with Crippen LogP contribution in [0.5, 0.6) is 5.75 Å². The van der Waals surface area contributed by atoms with Crippen molar-refractivity contribution in [2.75, 3.05) is 12.4 Å². The SMILES string of the molecule is CNc1cc(COc2cccc([N+](=O)[O-])c2Br)ccn1. The third-order valence-corrected chi connectivity index (χ3v) is 3.41. The zero-order valence-electron chi connectivity index (χ0n) is 10.7. The Morgan fingerprint density at radius 1 is 1.45 bits per heavy atom. The van der Waals surface area contributed by atoms with Gasteiger partial charge in [-0.2, -0.15) is 0 Å². The molecule has 7 heteroatoms. The van der Waals surface area contributed by atoms with Gasteiger partial charge in [0.05, 0.1) is 4.92 Å². The van der Waals surface area contributed by atoms with Crippen molar-refractivity contribution in [2.45, 2.75) is 6.61 Å². The summed E-state index contributed by atoms with van der Waals surface area (Å²) in [5.41, 5.74) is 0.899. The zero-order chi connectivity index (χ0) is 14.5. The van der Waals surface area contributed by atoms with Crippen molar-refractivity contribution >= 4 is 27.4 Å². The summed E-state index contributed by atoms with van der Waals surface area (Å²) in [4.78, 5) is 14.5. The summed E-state index contributed by atoms with van der Waals surface area (Å²) in [6, 6.07) is 8.36. The molecule has 1 heterocycles. The molecule has 0 aliphatic heterocycles. The van der Waals surface area contributed by atoms with E-state index in [0.717, 1.165) is 11.4 Å². The maximum absolute atomic E-state index is 10.8. The molecule has 1 aromatic carbocycles. The van der Waals surface area contributed by atoms with Crippen LogP contribution in [0.25, 0.3) is 0 Å². The minimum absolute atomic E-state index is 0.0202. The molecule has 0 aliphatic rings. The third kappa shape index (κ3) is 3.24. The predicted molar refractivity (Wildman–Crippen MR) is 78.9 cm³/mol. The number of anilines is 1. The summed E-state index contributed by atoms with van der Waals surface area (Å²) in [5.74, 6) is 1.17. The van der Waals surface area contributed by atoms with E-state index in [0.29, 0.717) is 16.8 Å². The second-order valence-corrected chi connectivity index (χ2v) is 4.73. The van der Waals surface area contributed by atoms with Gasteiger partial charge >= 0.3 is 0 Å². The van der Waals surface area contributed by atoms with Crippen molar-refractivity contribution in [1.29, 1.82) is 0 Å². The first kappa shape index (κ1) is 14.3. The van der Waals surface area contributed by atoms with E-state index in [1.165, 1.54) is 6.07 Å². The Morgan fingerprint density at radius 3 is 2.95 bits per heavy atom. The lowest BCUT2D eigenvalue weighted by Crippen LogP contribution is -2.00. The maximum atomic E-state index is 10.8. The summed E-state index contributed by atoms with van der Waals surface area (Å²) in [6.07, 6.45) is 1.67. The molecule has 104 valence electrons. The molecule has 2 rings (SSSR count). The van der Waals surface area contributed by atoms with Crippen LogP contribution in [0.15, 0.2) is 41.0 Å². The molecule has 20 heavy (non-hydrogen) atoms. The van der Waals surface area contributed by atoms with Crippen molar-refractivity contribution < 1.29 is 9.66 Å². The van der Waals surface area contributed by atoms with Crippen molar-refractivity contribution in [3.8, 4) is 5.75 Å². The monoisotopic (exact) mass is 337 g/mol. The number of nitrogens with zero attached hydrogens (tertiary/aromatic N) is 2. The van der Waals surface area contributed by atoms with Crippen LogP contribution < -0.4 is 10.1 Å². The minimum Gasteiger partial charge on any atom is -0.487 e. The Hall–Kier alpha value is -2.15. The van der Waals surface area contributed by atoms with Gasteiger partial charge in [-0.15, -0.1) is 0 Å². The van der Waals surface area contributed by atoms with E-state index in [4.69, 9.17) is 4.74 Å². The number of pyridine rings is 1. The highest BCUT2D eigenvalue weighted by atomic mass is 79.9. The number of halogens is 1. The number of rotatable bonds is 5. The number of hydrogen-bond acceptors (Lipinski definition) is 5. The van der Waals surface area contributed by atoms with Crippen LogP contribution in [0.3, 0.4) is 0 Å². The summed E-state index contributed by atoms with van der Waals surface area (Å²) in [7, 11) is 1.78. The lowest BCUT2D eigenvalue weighted by molar-refractivity contribution is -0.385. The molecular formula is C13H12BrN3O3. The molecular weight excluding hydrogens is 326 g/mol. The average Bonchev–Trinajstić information content (AvgIpc) is 2.46. The van der Waals surface area contributed by atoms with Crippen molar-refractivity contribution in [3.05, 3.63) is 56.7 Å². The predicted octanol–water partition coefficient (Wildman–Crippen LogP) is 3.37. The minimum atomic E-state index is -0.456. The van der Waals surface area contributed by atoms with Gasteiger partial charge in [0.25, 0.3) is 5.69 Å². The zero-order valence-corrected chi connectivity index (χ0v) is 12.3. The summed E-state index contributed by atoms with van der Waals surface area (Å²) >= 11 is 3.19. The fourth-order valence-electron chi connectivity index (χ4n) is 1.61. The molecule has 0 unspecified atom stereocenters.